The topological polar surface area (TPSA) is 84.0 Å². The van der Waals surface area contributed by atoms with Crippen molar-refractivity contribution in [2.75, 3.05) is 31.2 Å². The van der Waals surface area contributed by atoms with E-state index in [1.807, 2.05) is 11.4 Å². The van der Waals surface area contributed by atoms with E-state index in [-0.39, 0.29) is 35.5 Å². The largest absolute Gasteiger partial charge is 0.376 e. The van der Waals surface area contributed by atoms with Crippen LogP contribution in [0.3, 0.4) is 0 Å². The lowest BCUT2D eigenvalue weighted by molar-refractivity contribution is -0.139. The van der Waals surface area contributed by atoms with Crippen molar-refractivity contribution in [3.63, 3.8) is 0 Å². The van der Waals surface area contributed by atoms with Crippen molar-refractivity contribution in [3.05, 3.63) is 22.4 Å². The number of ether oxygens (including phenoxy) is 1. The second-order valence-electron chi connectivity index (χ2n) is 7.82. The molecule has 1 aromatic heterocycles. The molecule has 0 aromatic carbocycles. The monoisotopic (exact) mass is 426 g/mol. The molecule has 28 heavy (non-hydrogen) atoms. The SMILES string of the molecule is O=C([C@@H]1CCCN1C(=O)c1cccs1)N(CC1CCCO1)C1CCS(=O)(=O)C1. The van der Waals surface area contributed by atoms with Crippen molar-refractivity contribution in [2.45, 2.75) is 50.3 Å². The third-order valence-electron chi connectivity index (χ3n) is 5.89. The first kappa shape index (κ1) is 19.8. The highest BCUT2D eigenvalue weighted by Crippen LogP contribution is 2.28. The zero-order valence-electron chi connectivity index (χ0n) is 15.8. The summed E-state index contributed by atoms with van der Waals surface area (Å²) in [6.07, 6.45) is 3.66. The van der Waals surface area contributed by atoms with Crippen molar-refractivity contribution >= 4 is 33.0 Å². The number of hydrogen-bond donors (Lipinski definition) is 0. The Morgan fingerprint density at radius 1 is 1.25 bits per heavy atom. The van der Waals surface area contributed by atoms with Crippen LogP contribution in [0.15, 0.2) is 17.5 Å². The lowest BCUT2D eigenvalue weighted by Gasteiger charge is -2.35. The molecule has 3 aliphatic heterocycles. The van der Waals surface area contributed by atoms with Crippen LogP contribution < -0.4 is 0 Å². The Morgan fingerprint density at radius 2 is 2.11 bits per heavy atom. The van der Waals surface area contributed by atoms with Crippen LogP contribution in [0, 0.1) is 0 Å². The first-order valence-corrected chi connectivity index (χ1v) is 12.6. The number of amides is 2. The number of sulfone groups is 1. The van der Waals surface area contributed by atoms with E-state index in [2.05, 4.69) is 0 Å². The number of hydrogen-bond acceptors (Lipinski definition) is 6. The number of thiophene rings is 1. The zero-order chi connectivity index (χ0) is 19.7. The second-order valence-corrected chi connectivity index (χ2v) is 11.0. The van der Waals surface area contributed by atoms with Gasteiger partial charge in [0.05, 0.1) is 22.5 Å². The minimum Gasteiger partial charge on any atom is -0.376 e. The number of carbonyl (C=O) groups excluding carboxylic acids is 2. The molecule has 0 N–H and O–H groups in total. The van der Waals surface area contributed by atoms with Crippen LogP contribution in [0.5, 0.6) is 0 Å². The Hall–Kier alpha value is -1.45. The van der Waals surface area contributed by atoms with Gasteiger partial charge in [-0.05, 0) is 43.6 Å². The summed E-state index contributed by atoms with van der Waals surface area (Å²) >= 11 is 1.38. The summed E-state index contributed by atoms with van der Waals surface area (Å²) in [6, 6.07) is 2.78. The number of carbonyl (C=O) groups is 2. The highest BCUT2D eigenvalue weighted by Gasteiger charge is 2.42. The van der Waals surface area contributed by atoms with Gasteiger partial charge in [0.25, 0.3) is 5.91 Å². The van der Waals surface area contributed by atoms with Crippen LogP contribution in [0.2, 0.25) is 0 Å². The molecule has 1 aromatic rings. The third-order valence-corrected chi connectivity index (χ3v) is 8.50. The van der Waals surface area contributed by atoms with E-state index in [9.17, 15) is 18.0 Å². The molecule has 2 unspecified atom stereocenters. The average molecular weight is 427 g/mol. The average Bonchev–Trinajstić information content (AvgIpc) is 3.45. The smallest absolute Gasteiger partial charge is 0.264 e. The van der Waals surface area contributed by atoms with Crippen molar-refractivity contribution in [3.8, 4) is 0 Å². The maximum Gasteiger partial charge on any atom is 0.264 e. The third kappa shape index (κ3) is 4.11. The molecular formula is C19H26N2O5S2. The Morgan fingerprint density at radius 3 is 2.75 bits per heavy atom. The summed E-state index contributed by atoms with van der Waals surface area (Å²) in [7, 11) is -3.11. The number of nitrogens with zero attached hydrogens (tertiary/aromatic N) is 2. The van der Waals surface area contributed by atoms with Gasteiger partial charge in [-0.1, -0.05) is 6.07 Å². The highest BCUT2D eigenvalue weighted by molar-refractivity contribution is 7.91. The Balaban J connectivity index is 1.54. The van der Waals surface area contributed by atoms with Crippen molar-refractivity contribution in [1.29, 1.82) is 0 Å². The Labute approximate surface area is 169 Å². The van der Waals surface area contributed by atoms with Gasteiger partial charge in [-0.25, -0.2) is 8.42 Å². The molecule has 3 saturated heterocycles. The van der Waals surface area contributed by atoms with Gasteiger partial charge in [0, 0.05) is 25.7 Å². The zero-order valence-corrected chi connectivity index (χ0v) is 17.4. The molecule has 3 aliphatic rings. The van der Waals surface area contributed by atoms with E-state index in [4.69, 9.17) is 4.74 Å². The first-order chi connectivity index (χ1) is 13.4. The van der Waals surface area contributed by atoms with Gasteiger partial charge in [-0.3, -0.25) is 9.59 Å². The van der Waals surface area contributed by atoms with E-state index in [1.54, 1.807) is 15.9 Å². The molecule has 3 atom stereocenters. The van der Waals surface area contributed by atoms with Gasteiger partial charge in [0.2, 0.25) is 5.91 Å². The van der Waals surface area contributed by atoms with Crippen LogP contribution >= 0.6 is 11.3 Å². The summed E-state index contributed by atoms with van der Waals surface area (Å²) in [4.78, 5) is 30.4. The fourth-order valence-electron chi connectivity index (χ4n) is 4.45. The summed E-state index contributed by atoms with van der Waals surface area (Å²) in [5, 5.41) is 1.85. The van der Waals surface area contributed by atoms with Crippen LogP contribution in [0.25, 0.3) is 0 Å². The molecule has 9 heteroatoms. The minimum atomic E-state index is -3.11. The normalized spacial score (nSPS) is 29.3. The maximum absolute atomic E-state index is 13.5. The molecule has 0 saturated carbocycles. The maximum atomic E-state index is 13.5. The van der Waals surface area contributed by atoms with Gasteiger partial charge in [-0.15, -0.1) is 11.3 Å². The lowest BCUT2D eigenvalue weighted by Crippen LogP contribution is -2.53. The van der Waals surface area contributed by atoms with Gasteiger partial charge >= 0.3 is 0 Å². The predicted molar refractivity (Wildman–Crippen MR) is 106 cm³/mol. The van der Waals surface area contributed by atoms with E-state index in [0.717, 1.165) is 19.3 Å². The molecule has 3 fully saturated rings. The summed E-state index contributed by atoms with van der Waals surface area (Å²) < 4.78 is 29.8. The molecule has 4 heterocycles. The van der Waals surface area contributed by atoms with Gasteiger partial charge < -0.3 is 14.5 Å². The molecule has 4 rings (SSSR count). The van der Waals surface area contributed by atoms with Crippen LogP contribution in [-0.4, -0.2) is 79.4 Å². The number of likely N-dealkylation sites (tertiary alicyclic amines) is 1. The van der Waals surface area contributed by atoms with Gasteiger partial charge in [0.1, 0.15) is 6.04 Å². The molecule has 0 spiro atoms. The van der Waals surface area contributed by atoms with Crippen LogP contribution in [0.4, 0.5) is 0 Å². The van der Waals surface area contributed by atoms with Crippen molar-refractivity contribution in [2.24, 2.45) is 0 Å². The van der Waals surface area contributed by atoms with Gasteiger partial charge in [-0.2, -0.15) is 0 Å². The Kier molecular flexibility index (Phi) is 5.76. The second kappa shape index (κ2) is 8.12. The molecule has 7 nitrogen and oxygen atoms in total. The van der Waals surface area contributed by atoms with Crippen LogP contribution in [-0.2, 0) is 19.4 Å². The molecular weight excluding hydrogens is 400 g/mol. The van der Waals surface area contributed by atoms with Crippen LogP contribution in [0.1, 0.15) is 41.8 Å². The fraction of sp³-hybridized carbons (Fsp3) is 0.684. The van der Waals surface area contributed by atoms with Crippen molar-refractivity contribution in [1.82, 2.24) is 9.80 Å². The highest BCUT2D eigenvalue weighted by atomic mass is 32.2. The van der Waals surface area contributed by atoms with Gasteiger partial charge in [0.15, 0.2) is 9.84 Å². The summed E-state index contributed by atoms with van der Waals surface area (Å²) in [5.41, 5.74) is 0. The predicted octanol–water partition coefficient (Wildman–Crippen LogP) is 1.55. The molecule has 0 bridgehead atoms. The minimum absolute atomic E-state index is 0.0110. The molecule has 0 radical (unpaired) electrons. The quantitative estimate of drug-likeness (QED) is 0.713. The standard InChI is InChI=1S/C19H26N2O5S2/c22-18(16-5-1-8-20(16)19(23)17-6-3-10-27-17)21(12-15-4-2-9-26-15)14-7-11-28(24,25)13-14/h3,6,10,14-16H,1-2,4-5,7-9,11-13H2/t14?,15?,16-/m0/s1. The van der Waals surface area contributed by atoms with E-state index in [1.165, 1.54) is 11.3 Å². The first-order valence-electron chi connectivity index (χ1n) is 9.91. The lowest BCUT2D eigenvalue weighted by atomic mass is 10.1. The summed E-state index contributed by atoms with van der Waals surface area (Å²) in [5.74, 6) is -0.103. The van der Waals surface area contributed by atoms with E-state index in [0.29, 0.717) is 37.4 Å². The molecule has 154 valence electrons. The molecule has 2 amide bonds. The van der Waals surface area contributed by atoms with E-state index >= 15 is 0 Å². The van der Waals surface area contributed by atoms with Crippen molar-refractivity contribution < 1.29 is 22.7 Å². The fourth-order valence-corrected chi connectivity index (χ4v) is 6.86. The van der Waals surface area contributed by atoms with E-state index < -0.39 is 15.9 Å². The summed E-state index contributed by atoms with van der Waals surface area (Å²) in [6.45, 7) is 1.66. The molecule has 0 aliphatic carbocycles. The Bertz CT molecular complexity index is 817. The number of rotatable bonds is 5.